The quantitative estimate of drug-likeness (QED) is 0.818. The SMILES string of the molecule is CCc1ccc(OCc2sccc2C=CC(=O)O)cc1. The largest absolute Gasteiger partial charge is 0.488 e. The molecule has 0 saturated carbocycles. The lowest BCUT2D eigenvalue weighted by molar-refractivity contribution is -0.131. The van der Waals surface area contributed by atoms with Gasteiger partial charge in [-0.2, -0.15) is 0 Å². The molecule has 1 aromatic heterocycles. The number of thiophene rings is 1. The number of hydrogen-bond acceptors (Lipinski definition) is 3. The Bertz CT molecular complexity index is 596. The van der Waals surface area contributed by atoms with Crippen LogP contribution in [0.15, 0.2) is 41.8 Å². The van der Waals surface area contributed by atoms with Crippen LogP contribution in [0.1, 0.15) is 22.9 Å². The van der Waals surface area contributed by atoms with E-state index in [1.54, 1.807) is 17.4 Å². The van der Waals surface area contributed by atoms with Crippen LogP contribution in [0.25, 0.3) is 6.08 Å². The Labute approximate surface area is 122 Å². The van der Waals surface area contributed by atoms with Crippen molar-refractivity contribution in [2.24, 2.45) is 0 Å². The molecule has 0 aliphatic rings. The number of carboxylic acids is 1. The molecule has 0 fully saturated rings. The zero-order chi connectivity index (χ0) is 14.4. The summed E-state index contributed by atoms with van der Waals surface area (Å²) in [5.41, 5.74) is 2.17. The minimum Gasteiger partial charge on any atom is -0.488 e. The van der Waals surface area contributed by atoms with Gasteiger partial charge in [-0.3, -0.25) is 0 Å². The maximum atomic E-state index is 10.5. The molecule has 0 atom stereocenters. The first-order chi connectivity index (χ1) is 9.69. The highest BCUT2D eigenvalue weighted by atomic mass is 32.1. The van der Waals surface area contributed by atoms with E-state index in [0.29, 0.717) is 6.61 Å². The van der Waals surface area contributed by atoms with Gasteiger partial charge < -0.3 is 9.84 Å². The van der Waals surface area contributed by atoms with Crippen molar-refractivity contribution in [1.82, 2.24) is 0 Å². The third kappa shape index (κ3) is 3.96. The maximum absolute atomic E-state index is 10.5. The van der Waals surface area contributed by atoms with E-state index in [1.807, 2.05) is 23.6 Å². The van der Waals surface area contributed by atoms with Gasteiger partial charge in [-0.15, -0.1) is 11.3 Å². The number of rotatable bonds is 6. The molecule has 0 amide bonds. The van der Waals surface area contributed by atoms with Gasteiger partial charge in [0, 0.05) is 11.0 Å². The van der Waals surface area contributed by atoms with Gasteiger partial charge in [0.2, 0.25) is 0 Å². The third-order valence-electron chi connectivity index (χ3n) is 2.89. The summed E-state index contributed by atoms with van der Waals surface area (Å²) in [6.45, 7) is 2.56. The fourth-order valence-corrected chi connectivity index (χ4v) is 2.53. The molecule has 0 bridgehead atoms. The van der Waals surface area contributed by atoms with Crippen LogP contribution in [0.4, 0.5) is 0 Å². The van der Waals surface area contributed by atoms with Crippen molar-refractivity contribution in [3.05, 3.63) is 57.8 Å². The monoisotopic (exact) mass is 288 g/mol. The molecule has 0 radical (unpaired) electrons. The van der Waals surface area contributed by atoms with Gasteiger partial charge in [0.05, 0.1) is 0 Å². The number of hydrogen-bond donors (Lipinski definition) is 1. The molecular formula is C16H16O3S. The molecule has 3 nitrogen and oxygen atoms in total. The minimum atomic E-state index is -0.946. The maximum Gasteiger partial charge on any atom is 0.328 e. The van der Waals surface area contributed by atoms with E-state index in [4.69, 9.17) is 9.84 Å². The average molecular weight is 288 g/mol. The van der Waals surface area contributed by atoms with Gasteiger partial charge in [0.1, 0.15) is 12.4 Å². The molecule has 0 unspecified atom stereocenters. The molecule has 1 N–H and O–H groups in total. The molecule has 104 valence electrons. The average Bonchev–Trinajstić information content (AvgIpc) is 2.91. The van der Waals surface area contributed by atoms with Gasteiger partial charge in [-0.25, -0.2) is 4.79 Å². The Morgan fingerprint density at radius 3 is 2.70 bits per heavy atom. The molecule has 0 aliphatic carbocycles. The predicted octanol–water partition coefficient (Wildman–Crippen LogP) is 3.99. The molecule has 20 heavy (non-hydrogen) atoms. The standard InChI is InChI=1S/C16H16O3S/c1-2-12-3-6-14(7-4-12)19-11-15-13(9-10-20-15)5-8-16(17)18/h3-10H,2,11H2,1H3,(H,17,18). The van der Waals surface area contributed by atoms with Crippen LogP contribution in [0.2, 0.25) is 0 Å². The summed E-state index contributed by atoms with van der Waals surface area (Å²) in [7, 11) is 0. The molecule has 2 rings (SSSR count). The summed E-state index contributed by atoms with van der Waals surface area (Å²) in [6.07, 6.45) is 3.74. The fraction of sp³-hybridized carbons (Fsp3) is 0.188. The Morgan fingerprint density at radius 1 is 1.30 bits per heavy atom. The number of aryl methyl sites for hydroxylation is 1. The van der Waals surface area contributed by atoms with Crippen LogP contribution < -0.4 is 4.74 Å². The first-order valence-corrected chi connectivity index (χ1v) is 7.26. The van der Waals surface area contributed by atoms with Crippen LogP contribution in [0, 0.1) is 0 Å². The van der Waals surface area contributed by atoms with Crippen molar-refractivity contribution in [2.75, 3.05) is 0 Å². The molecule has 1 heterocycles. The first-order valence-electron chi connectivity index (χ1n) is 6.38. The van der Waals surface area contributed by atoms with E-state index in [-0.39, 0.29) is 0 Å². The van der Waals surface area contributed by atoms with E-state index >= 15 is 0 Å². The van der Waals surface area contributed by atoms with E-state index in [9.17, 15) is 4.79 Å². The molecule has 1 aromatic carbocycles. The van der Waals surface area contributed by atoms with E-state index < -0.39 is 5.97 Å². The Balaban J connectivity index is 2.00. The summed E-state index contributed by atoms with van der Waals surface area (Å²) in [4.78, 5) is 11.5. The molecular weight excluding hydrogens is 272 g/mol. The van der Waals surface area contributed by atoms with Gasteiger partial charge in [0.15, 0.2) is 0 Å². The summed E-state index contributed by atoms with van der Waals surface area (Å²) < 4.78 is 5.73. The predicted molar refractivity (Wildman–Crippen MR) is 81.1 cm³/mol. The van der Waals surface area contributed by atoms with Gasteiger partial charge in [-0.05, 0) is 47.2 Å². The summed E-state index contributed by atoms with van der Waals surface area (Å²) in [5, 5.41) is 10.6. The highest BCUT2D eigenvalue weighted by Crippen LogP contribution is 2.21. The first kappa shape index (κ1) is 14.3. The van der Waals surface area contributed by atoms with Crippen molar-refractivity contribution < 1.29 is 14.6 Å². The lowest BCUT2D eigenvalue weighted by atomic mass is 10.2. The van der Waals surface area contributed by atoms with Crippen LogP contribution in [0.5, 0.6) is 5.75 Å². The van der Waals surface area contributed by atoms with Gasteiger partial charge >= 0.3 is 5.97 Å². The molecule has 0 spiro atoms. The summed E-state index contributed by atoms with van der Waals surface area (Å²) in [6, 6.07) is 9.91. The van der Waals surface area contributed by atoms with Crippen molar-refractivity contribution in [1.29, 1.82) is 0 Å². The van der Waals surface area contributed by atoms with Crippen molar-refractivity contribution >= 4 is 23.4 Å². The number of benzene rings is 1. The molecule has 2 aromatic rings. The van der Waals surface area contributed by atoms with Crippen molar-refractivity contribution in [3.8, 4) is 5.75 Å². The Hall–Kier alpha value is -2.07. The molecule has 0 saturated heterocycles. The van der Waals surface area contributed by atoms with Gasteiger partial charge in [-0.1, -0.05) is 19.1 Å². The highest BCUT2D eigenvalue weighted by Gasteiger charge is 2.03. The number of carbonyl (C=O) groups is 1. The third-order valence-corrected chi connectivity index (χ3v) is 3.80. The van der Waals surface area contributed by atoms with Crippen LogP contribution >= 0.6 is 11.3 Å². The topological polar surface area (TPSA) is 46.5 Å². The highest BCUT2D eigenvalue weighted by molar-refractivity contribution is 7.10. The second-order valence-corrected chi connectivity index (χ2v) is 5.26. The van der Waals surface area contributed by atoms with Crippen molar-refractivity contribution in [3.63, 3.8) is 0 Å². The van der Waals surface area contributed by atoms with E-state index in [2.05, 4.69) is 19.1 Å². The summed E-state index contributed by atoms with van der Waals surface area (Å²) in [5.74, 6) is -0.123. The number of ether oxygens (including phenoxy) is 1. The second kappa shape index (κ2) is 6.91. The van der Waals surface area contributed by atoms with Crippen LogP contribution in [-0.4, -0.2) is 11.1 Å². The fourth-order valence-electron chi connectivity index (χ4n) is 1.75. The summed E-state index contributed by atoms with van der Waals surface area (Å²) >= 11 is 1.56. The zero-order valence-corrected chi connectivity index (χ0v) is 12.0. The smallest absolute Gasteiger partial charge is 0.328 e. The Kier molecular flexibility index (Phi) is 4.96. The number of carboxylic acid groups (broad SMARTS) is 1. The van der Waals surface area contributed by atoms with Gasteiger partial charge in [0.25, 0.3) is 0 Å². The molecule has 0 aliphatic heterocycles. The lowest BCUT2D eigenvalue weighted by Crippen LogP contribution is -1.95. The molecule has 4 heteroatoms. The normalized spacial score (nSPS) is 10.8. The Morgan fingerprint density at radius 2 is 2.05 bits per heavy atom. The number of aliphatic carboxylic acids is 1. The lowest BCUT2D eigenvalue weighted by Gasteiger charge is -2.06. The second-order valence-electron chi connectivity index (χ2n) is 4.26. The van der Waals surface area contributed by atoms with Crippen LogP contribution in [0.3, 0.4) is 0 Å². The minimum absolute atomic E-state index is 0.447. The van der Waals surface area contributed by atoms with Crippen LogP contribution in [-0.2, 0) is 17.8 Å². The van der Waals surface area contributed by atoms with E-state index in [1.165, 1.54) is 5.56 Å². The van der Waals surface area contributed by atoms with Crippen molar-refractivity contribution in [2.45, 2.75) is 20.0 Å². The zero-order valence-electron chi connectivity index (χ0n) is 11.2. The van der Waals surface area contributed by atoms with E-state index in [0.717, 1.165) is 28.7 Å².